The maximum atomic E-state index is 2.25. The summed E-state index contributed by atoms with van der Waals surface area (Å²) < 4.78 is 0. The second kappa shape index (κ2) is 8.01. The van der Waals surface area contributed by atoms with Crippen molar-refractivity contribution >= 4 is 0 Å². The van der Waals surface area contributed by atoms with Gasteiger partial charge in [-0.1, -0.05) is 39.0 Å². The Labute approximate surface area is 98.3 Å². The third kappa shape index (κ3) is 3.43. The second-order valence-electron chi connectivity index (χ2n) is 3.12. The van der Waals surface area contributed by atoms with Crippen molar-refractivity contribution in [3.8, 4) is 0 Å². The summed E-state index contributed by atoms with van der Waals surface area (Å²) in [4.78, 5) is 0. The lowest BCUT2D eigenvalue weighted by atomic mass is 9.96. The van der Waals surface area contributed by atoms with Crippen LogP contribution in [-0.4, -0.2) is 0 Å². The summed E-state index contributed by atoms with van der Waals surface area (Å²) in [5.41, 5.74) is 4.62. The zero-order valence-corrected chi connectivity index (χ0v) is 11.3. The Balaban J connectivity index is 0. The molecule has 1 nitrogen and oxygen atoms in total. The van der Waals surface area contributed by atoms with Gasteiger partial charge < -0.3 is 23.1 Å². The normalized spacial score (nSPS) is 8.79. The summed E-state index contributed by atoms with van der Waals surface area (Å²) in [7, 11) is 0. The average molecular weight is 260 g/mol. The van der Waals surface area contributed by atoms with Crippen LogP contribution >= 0.6 is 0 Å². The van der Waals surface area contributed by atoms with Gasteiger partial charge in [-0.3, -0.25) is 0 Å². The number of benzene rings is 1. The Morgan fingerprint density at radius 2 is 1.29 bits per heavy atom. The van der Waals surface area contributed by atoms with E-state index >= 15 is 0 Å². The highest BCUT2D eigenvalue weighted by atomic mass is 79.9. The number of hydrogen-bond acceptors (Lipinski definition) is 0. The largest absolute Gasteiger partial charge is 1.00 e. The first-order chi connectivity index (χ1) is 5.83. The van der Waals surface area contributed by atoms with Crippen LogP contribution < -0.4 is 23.1 Å². The first-order valence-electron chi connectivity index (χ1n) is 4.93. The number of aryl methyl sites for hydroxylation is 2. The zero-order valence-electron chi connectivity index (χ0n) is 9.73. The molecule has 0 spiro atoms. The van der Waals surface area contributed by atoms with Crippen LogP contribution in [0.2, 0.25) is 0 Å². The molecule has 0 aliphatic heterocycles. The maximum absolute atomic E-state index is 2.25. The van der Waals surface area contributed by atoms with E-state index in [0.717, 1.165) is 12.8 Å². The molecule has 0 radical (unpaired) electrons. The second-order valence-corrected chi connectivity index (χ2v) is 3.12. The highest BCUT2D eigenvalue weighted by Gasteiger charge is 2.02. The molecule has 0 aromatic heterocycles. The fourth-order valence-electron chi connectivity index (χ4n) is 1.80. The van der Waals surface area contributed by atoms with Crippen molar-refractivity contribution in [1.82, 2.24) is 6.15 Å². The summed E-state index contributed by atoms with van der Waals surface area (Å²) in [6.45, 7) is 6.70. The Morgan fingerprint density at radius 1 is 0.857 bits per heavy atom. The molecular formula is C12H22BrN. The third-order valence-electron chi connectivity index (χ3n) is 2.49. The van der Waals surface area contributed by atoms with Gasteiger partial charge in [-0.25, -0.2) is 0 Å². The van der Waals surface area contributed by atoms with Crippen LogP contribution in [0, 0.1) is 0 Å². The summed E-state index contributed by atoms with van der Waals surface area (Å²) in [6.07, 6.45) is 3.50. The summed E-state index contributed by atoms with van der Waals surface area (Å²) in [5.74, 6) is 0. The molecule has 0 aliphatic rings. The molecule has 0 aliphatic carbocycles. The van der Waals surface area contributed by atoms with Crippen molar-refractivity contribution in [2.45, 2.75) is 40.0 Å². The van der Waals surface area contributed by atoms with Crippen LogP contribution in [0.15, 0.2) is 18.2 Å². The quantitative estimate of drug-likeness (QED) is 0.833. The zero-order chi connectivity index (χ0) is 8.97. The third-order valence-corrected chi connectivity index (χ3v) is 2.49. The smallest absolute Gasteiger partial charge is 0.0302 e. The molecule has 0 saturated heterocycles. The molecule has 0 unspecified atom stereocenters. The summed E-state index contributed by atoms with van der Waals surface area (Å²) in [5, 5.41) is 0. The van der Waals surface area contributed by atoms with Gasteiger partial charge in [0, 0.05) is 0 Å². The summed E-state index contributed by atoms with van der Waals surface area (Å²) in [6, 6.07) is 6.67. The fraction of sp³-hybridized carbons (Fsp3) is 0.500. The molecule has 0 atom stereocenters. The first-order valence-corrected chi connectivity index (χ1v) is 4.93. The lowest BCUT2D eigenvalue weighted by Gasteiger charge is -2.10. The monoisotopic (exact) mass is 259 g/mol. The molecule has 0 fully saturated rings. The minimum Gasteiger partial charge on any atom is -1.00 e. The van der Waals surface area contributed by atoms with E-state index in [1.54, 1.807) is 5.56 Å². The summed E-state index contributed by atoms with van der Waals surface area (Å²) >= 11 is 0. The van der Waals surface area contributed by atoms with Crippen LogP contribution in [0.4, 0.5) is 0 Å². The SMILES string of the molecule is CCc1cccc(CC)c1CC.[Br-].[NH4+]. The van der Waals surface area contributed by atoms with Crippen LogP contribution in [0.25, 0.3) is 0 Å². The highest BCUT2D eigenvalue weighted by molar-refractivity contribution is 5.35. The average Bonchev–Trinajstić information content (AvgIpc) is 2.16. The van der Waals surface area contributed by atoms with Gasteiger partial charge in [0.1, 0.15) is 0 Å². The van der Waals surface area contributed by atoms with Crippen molar-refractivity contribution in [3.63, 3.8) is 0 Å². The molecule has 0 heterocycles. The van der Waals surface area contributed by atoms with Gasteiger partial charge in [-0.05, 0) is 36.0 Å². The molecule has 2 heteroatoms. The standard InChI is InChI=1S/C12H18.BrH.H3N/c1-4-10-8-7-9-11(5-2)12(10)6-3;;/h7-9H,4-6H2,1-3H3;1H;1H3. The van der Waals surface area contributed by atoms with Gasteiger partial charge in [0.25, 0.3) is 0 Å². The van der Waals surface area contributed by atoms with Gasteiger partial charge in [-0.15, -0.1) is 0 Å². The van der Waals surface area contributed by atoms with E-state index in [4.69, 9.17) is 0 Å². The van der Waals surface area contributed by atoms with E-state index in [1.165, 1.54) is 17.5 Å². The van der Waals surface area contributed by atoms with E-state index < -0.39 is 0 Å². The number of quaternary nitrogens is 1. The highest BCUT2D eigenvalue weighted by Crippen LogP contribution is 2.16. The van der Waals surface area contributed by atoms with Gasteiger partial charge in [0.2, 0.25) is 0 Å². The Morgan fingerprint density at radius 3 is 1.57 bits per heavy atom. The lowest BCUT2D eigenvalue weighted by molar-refractivity contribution is -0.00000311. The van der Waals surface area contributed by atoms with Crippen LogP contribution in [-0.2, 0) is 19.3 Å². The van der Waals surface area contributed by atoms with E-state index in [0.29, 0.717) is 0 Å². The molecule has 0 bridgehead atoms. The number of hydrogen-bond donors (Lipinski definition) is 1. The molecule has 4 N–H and O–H groups in total. The molecule has 0 amide bonds. The van der Waals surface area contributed by atoms with Gasteiger partial charge >= 0.3 is 0 Å². The van der Waals surface area contributed by atoms with Crippen LogP contribution in [0.3, 0.4) is 0 Å². The molecule has 14 heavy (non-hydrogen) atoms. The van der Waals surface area contributed by atoms with Crippen molar-refractivity contribution in [2.75, 3.05) is 0 Å². The van der Waals surface area contributed by atoms with Crippen LogP contribution in [0.5, 0.6) is 0 Å². The number of halogens is 1. The Hall–Kier alpha value is -0.340. The Bertz CT molecular complexity index is 236. The topological polar surface area (TPSA) is 36.5 Å². The van der Waals surface area contributed by atoms with E-state index in [9.17, 15) is 0 Å². The Kier molecular flexibility index (Phi) is 9.21. The minimum absolute atomic E-state index is 0. The fourth-order valence-corrected chi connectivity index (χ4v) is 1.80. The van der Waals surface area contributed by atoms with Crippen molar-refractivity contribution < 1.29 is 17.0 Å². The van der Waals surface area contributed by atoms with E-state index in [2.05, 4.69) is 39.0 Å². The van der Waals surface area contributed by atoms with Crippen molar-refractivity contribution in [2.24, 2.45) is 0 Å². The molecule has 1 aromatic carbocycles. The first kappa shape index (κ1) is 16.1. The van der Waals surface area contributed by atoms with Gasteiger partial charge in [-0.2, -0.15) is 0 Å². The predicted octanol–water partition coefficient (Wildman–Crippen LogP) is 0.754. The lowest BCUT2D eigenvalue weighted by Crippen LogP contribution is -3.00. The predicted molar refractivity (Wildman–Crippen MR) is 60.6 cm³/mol. The van der Waals surface area contributed by atoms with E-state index in [-0.39, 0.29) is 23.1 Å². The van der Waals surface area contributed by atoms with E-state index in [1.807, 2.05) is 0 Å². The number of rotatable bonds is 3. The molecule has 1 aromatic rings. The molecule has 82 valence electrons. The maximum Gasteiger partial charge on any atom is -0.0302 e. The van der Waals surface area contributed by atoms with Gasteiger partial charge in [0.05, 0.1) is 0 Å². The molecule has 1 rings (SSSR count). The van der Waals surface area contributed by atoms with Crippen molar-refractivity contribution in [3.05, 3.63) is 34.9 Å². The molecule has 0 saturated carbocycles. The minimum atomic E-state index is 0. The molecular weight excluding hydrogens is 238 g/mol. The van der Waals surface area contributed by atoms with Crippen LogP contribution in [0.1, 0.15) is 37.5 Å². The van der Waals surface area contributed by atoms with Gasteiger partial charge in [0.15, 0.2) is 0 Å². The van der Waals surface area contributed by atoms with Crippen molar-refractivity contribution in [1.29, 1.82) is 0 Å².